The molecule has 1 aliphatic heterocycles. The molecule has 184 valence electrons. The Morgan fingerprint density at radius 1 is 0.865 bits per heavy atom. The summed E-state index contributed by atoms with van der Waals surface area (Å²) in [5, 5.41) is 4.64. The van der Waals surface area contributed by atoms with Crippen LogP contribution in [0.5, 0.6) is 0 Å². The molecule has 8 nitrogen and oxygen atoms in total. The Kier molecular flexibility index (Phi) is 6.63. The lowest BCUT2D eigenvalue weighted by atomic mass is 9.93. The lowest BCUT2D eigenvalue weighted by Crippen LogP contribution is -2.43. The van der Waals surface area contributed by atoms with Crippen molar-refractivity contribution < 1.29 is 14.4 Å². The van der Waals surface area contributed by atoms with E-state index in [-0.39, 0.29) is 12.3 Å². The Morgan fingerprint density at radius 3 is 2.27 bits per heavy atom. The molecule has 0 fully saturated rings. The summed E-state index contributed by atoms with van der Waals surface area (Å²) < 4.78 is 1.63. The van der Waals surface area contributed by atoms with Gasteiger partial charge in [0, 0.05) is 24.9 Å². The molecule has 5 rings (SSSR count). The number of benzene rings is 3. The van der Waals surface area contributed by atoms with Crippen molar-refractivity contribution in [2.75, 3.05) is 0 Å². The van der Waals surface area contributed by atoms with Gasteiger partial charge in [-0.25, -0.2) is 4.68 Å². The van der Waals surface area contributed by atoms with E-state index in [1.54, 1.807) is 17.1 Å². The van der Waals surface area contributed by atoms with Crippen LogP contribution < -0.4 is 10.9 Å². The largest absolute Gasteiger partial charge is 0.311 e. The van der Waals surface area contributed by atoms with E-state index in [4.69, 9.17) is 0 Å². The number of rotatable bonds is 5. The molecular weight excluding hydrogens is 466 g/mol. The third kappa shape index (κ3) is 5.04. The number of carbonyl (C=O) groups is 3. The standard InChI is InChI=1S/C29H25N5O3/c1-20(35)33-17-16-21-10-8-9-15-24(21)26(33)18-27(36)30-31-29(37)25-19-34(23-13-6-3-7-14-23)32-28(25)22-11-4-2-5-12-22/h2-17,19,26H,18H2,1H3,(H,30,36)(H,31,37). The molecule has 2 N–H and O–H groups in total. The number of carbonyl (C=O) groups excluding carboxylic acids is 3. The van der Waals surface area contributed by atoms with Crippen molar-refractivity contribution in [1.82, 2.24) is 25.5 Å². The first-order valence-corrected chi connectivity index (χ1v) is 11.9. The summed E-state index contributed by atoms with van der Waals surface area (Å²) in [6, 6.07) is 26.0. The predicted molar refractivity (Wildman–Crippen MR) is 140 cm³/mol. The second-order valence-corrected chi connectivity index (χ2v) is 8.63. The quantitative estimate of drug-likeness (QED) is 0.408. The van der Waals surface area contributed by atoms with E-state index in [9.17, 15) is 14.4 Å². The number of fused-ring (bicyclic) bond motifs is 1. The molecule has 1 unspecified atom stereocenters. The van der Waals surface area contributed by atoms with Crippen molar-refractivity contribution in [2.45, 2.75) is 19.4 Å². The smallest absolute Gasteiger partial charge is 0.273 e. The maximum atomic E-state index is 13.2. The van der Waals surface area contributed by atoms with Gasteiger partial charge in [0.2, 0.25) is 11.8 Å². The zero-order valence-electron chi connectivity index (χ0n) is 20.2. The highest BCUT2D eigenvalue weighted by Gasteiger charge is 2.28. The van der Waals surface area contributed by atoms with Gasteiger partial charge >= 0.3 is 0 Å². The zero-order chi connectivity index (χ0) is 25.8. The molecule has 8 heteroatoms. The number of hydrazine groups is 1. The first-order valence-electron chi connectivity index (χ1n) is 11.9. The number of amides is 3. The fraction of sp³-hybridized carbons (Fsp3) is 0.103. The van der Waals surface area contributed by atoms with Gasteiger partial charge in [-0.15, -0.1) is 0 Å². The van der Waals surface area contributed by atoms with Gasteiger partial charge in [-0.05, 0) is 29.3 Å². The van der Waals surface area contributed by atoms with E-state index in [1.807, 2.05) is 91.0 Å². The highest BCUT2D eigenvalue weighted by molar-refractivity contribution is 6.00. The van der Waals surface area contributed by atoms with Gasteiger partial charge in [0.05, 0.1) is 23.7 Å². The van der Waals surface area contributed by atoms with E-state index >= 15 is 0 Å². The maximum Gasteiger partial charge on any atom is 0.273 e. The molecule has 1 aliphatic rings. The van der Waals surface area contributed by atoms with Crippen LogP contribution in [0.2, 0.25) is 0 Å². The number of aromatic nitrogens is 2. The van der Waals surface area contributed by atoms with Gasteiger partial charge in [-0.3, -0.25) is 25.2 Å². The normalized spacial score (nSPS) is 14.1. The summed E-state index contributed by atoms with van der Waals surface area (Å²) in [6.07, 6.45) is 5.16. The lowest BCUT2D eigenvalue weighted by molar-refractivity contribution is -0.130. The summed E-state index contributed by atoms with van der Waals surface area (Å²) in [6.45, 7) is 1.46. The van der Waals surface area contributed by atoms with Crippen LogP contribution in [0.4, 0.5) is 0 Å². The van der Waals surface area contributed by atoms with Crippen molar-refractivity contribution in [2.24, 2.45) is 0 Å². The number of nitrogens with zero attached hydrogens (tertiary/aromatic N) is 3. The van der Waals surface area contributed by atoms with E-state index in [1.165, 1.54) is 11.8 Å². The van der Waals surface area contributed by atoms with E-state index in [2.05, 4.69) is 16.0 Å². The minimum absolute atomic E-state index is 0.0178. The Morgan fingerprint density at radius 2 is 1.54 bits per heavy atom. The van der Waals surface area contributed by atoms with Gasteiger partial charge in [0.1, 0.15) is 5.69 Å². The third-order valence-corrected chi connectivity index (χ3v) is 6.19. The van der Waals surface area contributed by atoms with E-state index in [0.717, 1.165) is 22.4 Å². The molecule has 37 heavy (non-hydrogen) atoms. The zero-order valence-corrected chi connectivity index (χ0v) is 20.2. The number of para-hydroxylation sites is 1. The monoisotopic (exact) mass is 491 g/mol. The molecule has 1 aromatic heterocycles. The van der Waals surface area contributed by atoms with Gasteiger partial charge in [-0.2, -0.15) is 5.10 Å². The average Bonchev–Trinajstić information content (AvgIpc) is 3.38. The second-order valence-electron chi connectivity index (χ2n) is 8.63. The summed E-state index contributed by atoms with van der Waals surface area (Å²) in [5.41, 5.74) is 9.23. The molecule has 2 heterocycles. The molecule has 4 aromatic rings. The fourth-order valence-corrected chi connectivity index (χ4v) is 4.40. The highest BCUT2D eigenvalue weighted by atomic mass is 16.2. The minimum atomic E-state index is -0.498. The van der Waals surface area contributed by atoms with Crippen LogP contribution in [-0.4, -0.2) is 32.4 Å². The topological polar surface area (TPSA) is 96.3 Å². The summed E-state index contributed by atoms with van der Waals surface area (Å²) in [4.78, 5) is 39.8. The Hall–Kier alpha value is -4.98. The summed E-state index contributed by atoms with van der Waals surface area (Å²) in [7, 11) is 0. The third-order valence-electron chi connectivity index (χ3n) is 6.19. The molecule has 0 bridgehead atoms. The predicted octanol–water partition coefficient (Wildman–Crippen LogP) is 4.26. The molecule has 0 saturated heterocycles. The van der Waals surface area contributed by atoms with Crippen molar-refractivity contribution in [3.63, 3.8) is 0 Å². The van der Waals surface area contributed by atoms with Crippen LogP contribution in [0.25, 0.3) is 23.0 Å². The first-order chi connectivity index (χ1) is 18.0. The molecule has 0 radical (unpaired) electrons. The van der Waals surface area contributed by atoms with Crippen LogP contribution in [0, 0.1) is 0 Å². The Labute approximate surface area is 214 Å². The number of nitrogens with one attached hydrogen (secondary N) is 2. The van der Waals surface area contributed by atoms with Gasteiger partial charge in [-0.1, -0.05) is 72.8 Å². The van der Waals surface area contributed by atoms with E-state index < -0.39 is 17.9 Å². The van der Waals surface area contributed by atoms with Crippen LogP contribution in [-0.2, 0) is 9.59 Å². The first kappa shape index (κ1) is 23.7. The maximum absolute atomic E-state index is 13.2. The van der Waals surface area contributed by atoms with Crippen LogP contribution in [0.1, 0.15) is 40.9 Å². The van der Waals surface area contributed by atoms with Crippen molar-refractivity contribution in [1.29, 1.82) is 0 Å². The number of hydrogen-bond donors (Lipinski definition) is 2. The van der Waals surface area contributed by atoms with Crippen LogP contribution in [0.15, 0.2) is 97.3 Å². The molecule has 0 spiro atoms. The molecule has 0 saturated carbocycles. The van der Waals surface area contributed by atoms with Gasteiger partial charge in [0.25, 0.3) is 5.91 Å². The molecular formula is C29H25N5O3. The molecule has 3 aromatic carbocycles. The van der Waals surface area contributed by atoms with Crippen LogP contribution >= 0.6 is 0 Å². The number of hydrogen-bond acceptors (Lipinski definition) is 4. The SMILES string of the molecule is CC(=O)N1C=Cc2ccccc2C1CC(=O)NNC(=O)c1cn(-c2ccccc2)nc1-c1ccccc1. The van der Waals surface area contributed by atoms with E-state index in [0.29, 0.717) is 11.3 Å². The Balaban J connectivity index is 1.34. The second kappa shape index (κ2) is 10.3. The summed E-state index contributed by atoms with van der Waals surface area (Å²) >= 11 is 0. The fourth-order valence-electron chi connectivity index (χ4n) is 4.40. The Bertz CT molecular complexity index is 1480. The van der Waals surface area contributed by atoms with Crippen molar-refractivity contribution >= 4 is 23.8 Å². The molecule has 0 aliphatic carbocycles. The summed E-state index contributed by atoms with van der Waals surface area (Å²) in [5.74, 6) is -1.10. The van der Waals surface area contributed by atoms with Gasteiger partial charge < -0.3 is 4.90 Å². The molecule has 3 amide bonds. The van der Waals surface area contributed by atoms with Crippen molar-refractivity contribution in [3.8, 4) is 16.9 Å². The lowest BCUT2D eigenvalue weighted by Gasteiger charge is -2.32. The highest BCUT2D eigenvalue weighted by Crippen LogP contribution is 2.32. The van der Waals surface area contributed by atoms with Gasteiger partial charge in [0.15, 0.2) is 0 Å². The van der Waals surface area contributed by atoms with Crippen LogP contribution in [0.3, 0.4) is 0 Å². The minimum Gasteiger partial charge on any atom is -0.311 e. The van der Waals surface area contributed by atoms with Crippen molar-refractivity contribution in [3.05, 3.63) is 114 Å². The molecule has 1 atom stereocenters. The average molecular weight is 492 g/mol.